The van der Waals surface area contributed by atoms with E-state index in [1.807, 2.05) is 12.1 Å². The molecule has 1 aliphatic heterocycles. The Morgan fingerprint density at radius 2 is 2.29 bits per heavy atom. The van der Waals surface area contributed by atoms with Crippen LogP contribution in [-0.4, -0.2) is 10.9 Å². The molecular formula is C15H16ClN3OS. The molecule has 4 nitrogen and oxygen atoms in total. The molecule has 1 aromatic heterocycles. The normalized spacial score (nSPS) is 16.2. The van der Waals surface area contributed by atoms with Crippen molar-refractivity contribution in [3.63, 3.8) is 0 Å². The minimum absolute atomic E-state index is 0.0579. The fraction of sp³-hybridized carbons (Fsp3) is 0.333. The number of para-hydroxylation sites is 1. The van der Waals surface area contributed by atoms with E-state index in [0.717, 1.165) is 21.8 Å². The molecule has 110 valence electrons. The Labute approximate surface area is 132 Å². The molecule has 21 heavy (non-hydrogen) atoms. The van der Waals surface area contributed by atoms with Gasteiger partial charge in [-0.05, 0) is 11.6 Å². The van der Waals surface area contributed by atoms with Gasteiger partial charge in [-0.15, -0.1) is 11.3 Å². The van der Waals surface area contributed by atoms with E-state index in [9.17, 15) is 4.79 Å². The van der Waals surface area contributed by atoms with E-state index in [2.05, 4.69) is 35.5 Å². The number of rotatable bonds is 3. The first-order chi connectivity index (χ1) is 9.95. The summed E-state index contributed by atoms with van der Waals surface area (Å²) in [5.74, 6) is 0.0579. The molecule has 0 spiro atoms. The fourth-order valence-electron chi connectivity index (χ4n) is 2.63. The number of benzene rings is 1. The second kappa shape index (κ2) is 5.31. The van der Waals surface area contributed by atoms with E-state index in [4.69, 9.17) is 11.6 Å². The average molecular weight is 322 g/mol. The Balaban J connectivity index is 1.88. The first kappa shape index (κ1) is 14.4. The van der Waals surface area contributed by atoms with Crippen molar-refractivity contribution in [2.24, 2.45) is 0 Å². The monoisotopic (exact) mass is 321 g/mol. The van der Waals surface area contributed by atoms with Gasteiger partial charge in [0.1, 0.15) is 0 Å². The average Bonchev–Trinajstić information content (AvgIpc) is 2.81. The topological polar surface area (TPSA) is 54.0 Å². The van der Waals surface area contributed by atoms with E-state index in [1.54, 1.807) is 6.20 Å². The molecule has 3 rings (SSSR count). The van der Waals surface area contributed by atoms with Gasteiger partial charge in [-0.1, -0.05) is 37.6 Å². The molecule has 1 aliphatic rings. The van der Waals surface area contributed by atoms with Crippen LogP contribution in [0.1, 0.15) is 30.7 Å². The van der Waals surface area contributed by atoms with Crippen LogP contribution in [0.2, 0.25) is 4.47 Å². The number of thiazole rings is 1. The van der Waals surface area contributed by atoms with Gasteiger partial charge in [0.05, 0.1) is 17.9 Å². The van der Waals surface area contributed by atoms with Gasteiger partial charge in [0, 0.05) is 22.9 Å². The summed E-state index contributed by atoms with van der Waals surface area (Å²) in [5, 5.41) is 6.34. The predicted molar refractivity (Wildman–Crippen MR) is 87.2 cm³/mol. The maximum Gasteiger partial charge on any atom is 0.225 e. The summed E-state index contributed by atoms with van der Waals surface area (Å²) in [5.41, 5.74) is 2.82. The van der Waals surface area contributed by atoms with Crippen LogP contribution < -0.4 is 10.6 Å². The minimum atomic E-state index is -0.150. The Hall–Kier alpha value is -1.59. The lowest BCUT2D eigenvalue weighted by atomic mass is 9.77. The van der Waals surface area contributed by atoms with Crippen molar-refractivity contribution < 1.29 is 4.79 Å². The van der Waals surface area contributed by atoms with Crippen LogP contribution in [0.4, 0.5) is 11.4 Å². The van der Waals surface area contributed by atoms with Crippen LogP contribution in [0, 0.1) is 0 Å². The number of anilines is 2. The molecule has 2 heterocycles. The number of nitrogens with zero attached hydrogens (tertiary/aromatic N) is 1. The van der Waals surface area contributed by atoms with Gasteiger partial charge in [-0.25, -0.2) is 4.98 Å². The summed E-state index contributed by atoms with van der Waals surface area (Å²) in [6.07, 6.45) is 2.27. The van der Waals surface area contributed by atoms with Gasteiger partial charge in [-0.3, -0.25) is 4.79 Å². The lowest BCUT2D eigenvalue weighted by Crippen LogP contribution is -2.33. The third kappa shape index (κ3) is 2.89. The number of hydrogen-bond acceptors (Lipinski definition) is 4. The van der Waals surface area contributed by atoms with Crippen LogP contribution in [0.25, 0.3) is 0 Å². The lowest BCUT2D eigenvalue weighted by Gasteiger charge is -2.33. The quantitative estimate of drug-likeness (QED) is 0.897. The number of nitrogens with one attached hydrogen (secondary N) is 2. The first-order valence-corrected chi connectivity index (χ1v) is 7.92. The van der Waals surface area contributed by atoms with Crippen LogP contribution in [-0.2, 0) is 16.8 Å². The highest BCUT2D eigenvalue weighted by Crippen LogP contribution is 2.41. The number of halogens is 1. The maximum absolute atomic E-state index is 11.9. The molecule has 6 heteroatoms. The van der Waals surface area contributed by atoms with Crippen molar-refractivity contribution in [1.29, 1.82) is 0 Å². The number of carbonyl (C=O) groups excluding carboxylic acids is 1. The molecule has 0 bridgehead atoms. The van der Waals surface area contributed by atoms with Gasteiger partial charge in [-0.2, -0.15) is 0 Å². The van der Waals surface area contributed by atoms with Crippen molar-refractivity contribution in [3.8, 4) is 0 Å². The van der Waals surface area contributed by atoms with Crippen LogP contribution in [0.3, 0.4) is 0 Å². The molecule has 0 fully saturated rings. The summed E-state index contributed by atoms with van der Waals surface area (Å²) in [7, 11) is 0. The summed E-state index contributed by atoms with van der Waals surface area (Å²) in [4.78, 5) is 17.0. The van der Waals surface area contributed by atoms with Crippen molar-refractivity contribution in [1.82, 2.24) is 4.98 Å². The van der Waals surface area contributed by atoms with Gasteiger partial charge in [0.2, 0.25) is 5.91 Å². The molecule has 2 N–H and O–H groups in total. The van der Waals surface area contributed by atoms with Crippen molar-refractivity contribution >= 4 is 40.2 Å². The van der Waals surface area contributed by atoms with E-state index < -0.39 is 0 Å². The first-order valence-electron chi connectivity index (χ1n) is 6.73. The summed E-state index contributed by atoms with van der Waals surface area (Å²) in [6, 6.07) is 6.06. The Morgan fingerprint density at radius 1 is 1.48 bits per heavy atom. The Bertz CT molecular complexity index is 696. The molecule has 1 amide bonds. The molecular weight excluding hydrogens is 306 g/mol. The van der Waals surface area contributed by atoms with E-state index >= 15 is 0 Å². The van der Waals surface area contributed by atoms with Crippen molar-refractivity contribution in [3.05, 3.63) is 39.3 Å². The maximum atomic E-state index is 11.9. The van der Waals surface area contributed by atoms with E-state index in [0.29, 0.717) is 17.4 Å². The number of amides is 1. The Morgan fingerprint density at radius 3 is 3.00 bits per heavy atom. The molecule has 0 saturated heterocycles. The lowest BCUT2D eigenvalue weighted by molar-refractivity contribution is -0.117. The van der Waals surface area contributed by atoms with Gasteiger partial charge in [0.25, 0.3) is 0 Å². The standard InChI is InChI=1S/C15H16ClN3OS/c1-15(2)6-12(20)19-13-10(15)4-3-5-11(13)17-7-9-8-18-14(16)21-9/h3-5,8,17H,6-7H2,1-2H3,(H,19,20). The van der Waals surface area contributed by atoms with E-state index in [1.165, 1.54) is 11.3 Å². The van der Waals surface area contributed by atoms with Crippen molar-refractivity contribution in [2.45, 2.75) is 32.2 Å². The SMILES string of the molecule is CC1(C)CC(=O)Nc2c(NCc3cnc(Cl)s3)cccc21. The number of aromatic nitrogens is 1. The minimum Gasteiger partial charge on any atom is -0.378 e. The number of carbonyl (C=O) groups is 1. The highest BCUT2D eigenvalue weighted by Gasteiger charge is 2.32. The molecule has 0 aliphatic carbocycles. The third-order valence-corrected chi connectivity index (χ3v) is 4.75. The zero-order valence-corrected chi connectivity index (χ0v) is 13.4. The predicted octanol–water partition coefficient (Wildman–Crippen LogP) is 4.03. The van der Waals surface area contributed by atoms with Gasteiger partial charge in [0.15, 0.2) is 4.47 Å². The highest BCUT2D eigenvalue weighted by molar-refractivity contribution is 7.15. The number of hydrogen-bond donors (Lipinski definition) is 2. The van der Waals surface area contributed by atoms with Crippen LogP contribution in [0.5, 0.6) is 0 Å². The van der Waals surface area contributed by atoms with Crippen molar-refractivity contribution in [2.75, 3.05) is 10.6 Å². The second-order valence-corrected chi connectivity index (χ2v) is 7.47. The zero-order chi connectivity index (χ0) is 15.0. The Kier molecular flexibility index (Phi) is 3.63. The summed E-state index contributed by atoms with van der Waals surface area (Å²) >= 11 is 7.29. The summed E-state index contributed by atoms with van der Waals surface area (Å²) in [6.45, 7) is 4.83. The van der Waals surface area contributed by atoms with Gasteiger partial charge >= 0.3 is 0 Å². The molecule has 1 aromatic carbocycles. The van der Waals surface area contributed by atoms with Gasteiger partial charge < -0.3 is 10.6 Å². The molecule has 0 saturated carbocycles. The van der Waals surface area contributed by atoms with Crippen LogP contribution >= 0.6 is 22.9 Å². The van der Waals surface area contributed by atoms with Crippen LogP contribution in [0.15, 0.2) is 24.4 Å². The smallest absolute Gasteiger partial charge is 0.225 e. The zero-order valence-electron chi connectivity index (χ0n) is 11.9. The van der Waals surface area contributed by atoms with E-state index in [-0.39, 0.29) is 11.3 Å². The summed E-state index contributed by atoms with van der Waals surface area (Å²) < 4.78 is 0.538. The fourth-order valence-corrected chi connectivity index (χ4v) is 3.54. The molecule has 2 aromatic rings. The third-order valence-electron chi connectivity index (χ3n) is 3.64. The second-order valence-electron chi connectivity index (χ2n) is 5.77. The highest BCUT2D eigenvalue weighted by atomic mass is 35.5. The molecule has 0 unspecified atom stereocenters. The largest absolute Gasteiger partial charge is 0.378 e. The number of fused-ring (bicyclic) bond motifs is 1. The molecule has 0 radical (unpaired) electrons. The molecule has 0 atom stereocenters.